The van der Waals surface area contributed by atoms with E-state index in [1.54, 1.807) is 17.0 Å². The van der Waals surface area contributed by atoms with E-state index in [0.717, 1.165) is 23.3 Å². The number of hydrogen-bond acceptors (Lipinski definition) is 2. The van der Waals surface area contributed by atoms with Gasteiger partial charge in [-0.25, -0.2) is 13.2 Å². The summed E-state index contributed by atoms with van der Waals surface area (Å²) in [6.45, 7) is 1.15. The highest BCUT2D eigenvalue weighted by Gasteiger charge is 2.26. The monoisotopic (exact) mass is 438 g/mol. The van der Waals surface area contributed by atoms with Crippen LogP contribution < -0.4 is 0 Å². The fourth-order valence-electron chi connectivity index (χ4n) is 3.80. The van der Waals surface area contributed by atoms with Gasteiger partial charge in [0, 0.05) is 31.7 Å². The van der Waals surface area contributed by atoms with Crippen LogP contribution in [0.15, 0.2) is 66.7 Å². The van der Waals surface area contributed by atoms with Crippen LogP contribution in [0.2, 0.25) is 0 Å². The zero-order valence-corrected chi connectivity index (χ0v) is 17.2. The topological polar surface area (TPSA) is 40.6 Å². The van der Waals surface area contributed by atoms with Gasteiger partial charge in [0.25, 0.3) is 11.8 Å². The van der Waals surface area contributed by atoms with Crippen LogP contribution in [-0.4, -0.2) is 47.8 Å². The Balaban J connectivity index is 1.43. The average Bonchev–Trinajstić information content (AvgIpc) is 3.09. The van der Waals surface area contributed by atoms with Crippen LogP contribution in [0.25, 0.3) is 11.1 Å². The molecule has 0 saturated carbocycles. The normalized spacial score (nSPS) is 14.2. The van der Waals surface area contributed by atoms with Crippen molar-refractivity contribution in [1.29, 1.82) is 0 Å². The molecule has 32 heavy (non-hydrogen) atoms. The Morgan fingerprint density at radius 1 is 0.625 bits per heavy atom. The Bertz CT molecular complexity index is 1130. The highest BCUT2D eigenvalue weighted by Crippen LogP contribution is 2.21. The minimum Gasteiger partial charge on any atom is -0.337 e. The van der Waals surface area contributed by atoms with Crippen LogP contribution in [0.5, 0.6) is 0 Å². The van der Waals surface area contributed by atoms with Gasteiger partial charge in [0.05, 0.1) is 5.56 Å². The van der Waals surface area contributed by atoms with E-state index in [1.807, 2.05) is 42.5 Å². The predicted molar refractivity (Wildman–Crippen MR) is 115 cm³/mol. The van der Waals surface area contributed by atoms with Crippen molar-refractivity contribution >= 4 is 11.8 Å². The van der Waals surface area contributed by atoms with Gasteiger partial charge in [0.15, 0.2) is 17.5 Å². The predicted octanol–water partition coefficient (Wildman–Crippen LogP) is 4.76. The first-order chi connectivity index (χ1) is 15.5. The molecule has 1 saturated heterocycles. The number of halogens is 3. The van der Waals surface area contributed by atoms with Crippen LogP contribution in [0.3, 0.4) is 0 Å². The first kappa shape index (κ1) is 21.6. The lowest BCUT2D eigenvalue weighted by atomic mass is 10.0. The summed E-state index contributed by atoms with van der Waals surface area (Å²) in [6.07, 6.45) is 0.491. The summed E-state index contributed by atoms with van der Waals surface area (Å²) in [4.78, 5) is 28.6. The molecule has 2 amide bonds. The lowest BCUT2D eigenvalue weighted by Crippen LogP contribution is -2.37. The minimum absolute atomic E-state index is 0.155. The second-order valence-corrected chi connectivity index (χ2v) is 7.60. The Morgan fingerprint density at radius 2 is 1.22 bits per heavy atom. The summed E-state index contributed by atoms with van der Waals surface area (Å²) in [5, 5.41) is 0. The maximum Gasteiger partial charge on any atom is 0.257 e. The van der Waals surface area contributed by atoms with E-state index in [0.29, 0.717) is 18.5 Å². The van der Waals surface area contributed by atoms with Crippen molar-refractivity contribution in [2.75, 3.05) is 26.2 Å². The molecule has 0 bridgehead atoms. The third-order valence-corrected chi connectivity index (χ3v) is 5.57. The number of carbonyl (C=O) groups excluding carboxylic acids is 2. The highest BCUT2D eigenvalue weighted by atomic mass is 19.2. The van der Waals surface area contributed by atoms with E-state index in [2.05, 4.69) is 0 Å². The molecule has 0 radical (unpaired) electrons. The van der Waals surface area contributed by atoms with Gasteiger partial charge in [-0.05, 0) is 41.8 Å². The molecule has 1 aliphatic heterocycles. The van der Waals surface area contributed by atoms with Crippen molar-refractivity contribution in [3.05, 3.63) is 95.3 Å². The summed E-state index contributed by atoms with van der Waals surface area (Å²) < 4.78 is 40.7. The van der Waals surface area contributed by atoms with Gasteiger partial charge in [-0.1, -0.05) is 42.5 Å². The molecular weight excluding hydrogens is 417 g/mol. The summed E-state index contributed by atoms with van der Waals surface area (Å²) in [5.41, 5.74) is 2.08. The van der Waals surface area contributed by atoms with Gasteiger partial charge < -0.3 is 9.80 Å². The molecule has 4 rings (SSSR count). The molecule has 0 spiro atoms. The first-order valence-electron chi connectivity index (χ1n) is 10.3. The third-order valence-electron chi connectivity index (χ3n) is 5.57. The lowest BCUT2D eigenvalue weighted by molar-refractivity contribution is 0.0715. The van der Waals surface area contributed by atoms with E-state index >= 15 is 0 Å². The second-order valence-electron chi connectivity index (χ2n) is 7.60. The third kappa shape index (κ3) is 4.37. The Hall–Kier alpha value is -3.61. The molecule has 0 N–H and O–H groups in total. The van der Waals surface area contributed by atoms with Crippen molar-refractivity contribution in [3.8, 4) is 11.1 Å². The molecule has 0 unspecified atom stereocenters. The van der Waals surface area contributed by atoms with Gasteiger partial charge in [-0.15, -0.1) is 0 Å². The molecule has 0 atom stereocenters. The summed E-state index contributed by atoms with van der Waals surface area (Å²) in [7, 11) is 0. The number of hydrogen-bond donors (Lipinski definition) is 0. The van der Waals surface area contributed by atoms with Crippen LogP contribution in [0, 0.1) is 17.5 Å². The van der Waals surface area contributed by atoms with Crippen molar-refractivity contribution in [2.24, 2.45) is 0 Å². The zero-order chi connectivity index (χ0) is 22.7. The molecule has 3 aromatic rings. The lowest BCUT2D eigenvalue weighted by Gasteiger charge is -2.22. The molecule has 3 aromatic carbocycles. The molecule has 1 aliphatic rings. The molecule has 0 aliphatic carbocycles. The van der Waals surface area contributed by atoms with E-state index < -0.39 is 28.9 Å². The number of rotatable bonds is 3. The summed E-state index contributed by atoms with van der Waals surface area (Å²) in [6, 6.07) is 18.8. The molecule has 4 nitrogen and oxygen atoms in total. The van der Waals surface area contributed by atoms with Gasteiger partial charge >= 0.3 is 0 Å². The largest absolute Gasteiger partial charge is 0.337 e. The van der Waals surface area contributed by atoms with E-state index in [4.69, 9.17) is 0 Å². The summed E-state index contributed by atoms with van der Waals surface area (Å²) >= 11 is 0. The van der Waals surface area contributed by atoms with Crippen LogP contribution in [0.4, 0.5) is 13.2 Å². The number of carbonyl (C=O) groups is 2. The van der Waals surface area contributed by atoms with Gasteiger partial charge in [0.1, 0.15) is 0 Å². The van der Waals surface area contributed by atoms with E-state index in [1.165, 1.54) is 4.90 Å². The number of amides is 2. The highest BCUT2D eigenvalue weighted by molar-refractivity contribution is 5.96. The van der Waals surface area contributed by atoms with Gasteiger partial charge in [-0.2, -0.15) is 0 Å². The maximum absolute atomic E-state index is 14.0. The smallest absolute Gasteiger partial charge is 0.257 e. The molecular formula is C25H21F3N2O2. The van der Waals surface area contributed by atoms with Crippen molar-refractivity contribution in [2.45, 2.75) is 6.42 Å². The Labute approximate surface area is 183 Å². The van der Waals surface area contributed by atoms with E-state index in [-0.39, 0.29) is 25.5 Å². The number of benzene rings is 3. The quantitative estimate of drug-likeness (QED) is 0.554. The maximum atomic E-state index is 14.0. The summed E-state index contributed by atoms with van der Waals surface area (Å²) in [5.74, 6) is -5.38. The molecule has 1 heterocycles. The fraction of sp³-hybridized carbons (Fsp3) is 0.200. The Morgan fingerprint density at radius 3 is 1.88 bits per heavy atom. The molecule has 164 valence electrons. The minimum atomic E-state index is -1.67. The van der Waals surface area contributed by atoms with Gasteiger partial charge in [0.2, 0.25) is 0 Å². The van der Waals surface area contributed by atoms with Crippen LogP contribution >= 0.6 is 0 Å². The van der Waals surface area contributed by atoms with Crippen molar-refractivity contribution in [1.82, 2.24) is 9.80 Å². The van der Waals surface area contributed by atoms with E-state index in [9.17, 15) is 22.8 Å². The average molecular weight is 438 g/mol. The standard InChI is InChI=1S/C25H21F3N2O2/c26-21-12-11-20(22(27)23(21)28)25(32)30-14-4-13-29(15-16-30)24(31)19-9-7-18(8-10-19)17-5-2-1-3-6-17/h1-3,5-12H,4,13-16H2. The SMILES string of the molecule is O=C(c1ccc(-c2ccccc2)cc1)N1CCCN(C(=O)c2ccc(F)c(F)c2F)CC1. The molecule has 1 fully saturated rings. The van der Waals surface area contributed by atoms with Gasteiger partial charge in [-0.3, -0.25) is 9.59 Å². The van der Waals surface area contributed by atoms with Crippen LogP contribution in [-0.2, 0) is 0 Å². The molecule has 0 aromatic heterocycles. The fourth-order valence-corrected chi connectivity index (χ4v) is 3.80. The first-order valence-corrected chi connectivity index (χ1v) is 10.3. The number of nitrogens with zero attached hydrogens (tertiary/aromatic N) is 2. The molecule has 7 heteroatoms. The second kappa shape index (κ2) is 9.26. The van der Waals surface area contributed by atoms with Crippen LogP contribution in [0.1, 0.15) is 27.1 Å². The van der Waals surface area contributed by atoms with Crippen molar-refractivity contribution in [3.63, 3.8) is 0 Å². The zero-order valence-electron chi connectivity index (χ0n) is 17.2. The Kier molecular flexibility index (Phi) is 6.25. The van der Waals surface area contributed by atoms with Crippen molar-refractivity contribution < 1.29 is 22.8 Å².